The van der Waals surface area contributed by atoms with E-state index in [1.165, 1.54) is 0 Å². The Morgan fingerprint density at radius 1 is 1.19 bits per heavy atom. The van der Waals surface area contributed by atoms with Gasteiger partial charge in [0.15, 0.2) is 0 Å². The highest BCUT2D eigenvalue weighted by Gasteiger charge is 2.30. The number of nitrogens with zero attached hydrogens (tertiary/aromatic N) is 3. The van der Waals surface area contributed by atoms with E-state index < -0.39 is 0 Å². The molecule has 4 rings (SSSR count). The predicted octanol–water partition coefficient (Wildman–Crippen LogP) is 3.50. The highest BCUT2D eigenvalue weighted by atomic mass is 16.2. The Bertz CT molecular complexity index is 957. The Morgan fingerprint density at radius 3 is 2.78 bits per heavy atom. The molecule has 0 saturated carbocycles. The number of piperidine rings is 1. The predicted molar refractivity (Wildman–Crippen MR) is 107 cm³/mol. The van der Waals surface area contributed by atoms with Gasteiger partial charge in [0.1, 0.15) is 0 Å². The molecule has 0 aliphatic carbocycles. The molecule has 1 amide bonds. The lowest BCUT2D eigenvalue weighted by atomic mass is 9.91. The summed E-state index contributed by atoms with van der Waals surface area (Å²) in [4.78, 5) is 24.6. The van der Waals surface area contributed by atoms with Crippen molar-refractivity contribution in [1.29, 1.82) is 0 Å². The lowest BCUT2D eigenvalue weighted by molar-refractivity contribution is 0.0575. The van der Waals surface area contributed by atoms with Crippen molar-refractivity contribution < 1.29 is 4.79 Å². The first kappa shape index (κ1) is 17.6. The number of hydrogen-bond donors (Lipinski definition) is 1. The zero-order chi connectivity index (χ0) is 18.8. The molecule has 2 atom stereocenters. The fraction of sp³-hybridized carbons (Fsp3) is 0.318. The second-order valence-corrected chi connectivity index (χ2v) is 7.30. The van der Waals surface area contributed by atoms with Crippen LogP contribution >= 0.6 is 0 Å². The number of carbonyl (C=O) groups excluding carboxylic acids is 1. The average Bonchev–Trinajstić information content (AvgIpc) is 2.73. The minimum absolute atomic E-state index is 0.0353. The minimum atomic E-state index is 0.0353. The second-order valence-electron chi connectivity index (χ2n) is 7.30. The number of rotatable bonds is 3. The van der Waals surface area contributed by atoms with E-state index in [1.807, 2.05) is 53.4 Å². The lowest BCUT2D eigenvalue weighted by Gasteiger charge is -2.38. The molecule has 3 aromatic rings. The maximum Gasteiger partial charge on any atom is 0.254 e. The third-order valence-electron chi connectivity index (χ3n) is 5.38. The van der Waals surface area contributed by atoms with Crippen LogP contribution in [0.2, 0.25) is 0 Å². The first-order chi connectivity index (χ1) is 13.2. The van der Waals surface area contributed by atoms with Gasteiger partial charge in [-0.2, -0.15) is 0 Å². The van der Waals surface area contributed by atoms with Crippen molar-refractivity contribution in [3.05, 3.63) is 60.3 Å². The number of hydrogen-bond acceptors (Lipinski definition) is 4. The standard InChI is InChI=1S/C22H24N4O/c1-15-9-11-26(16(12-15)14-23)22(27)18-13-21(20-8-4-5-10-24-20)25-19-7-3-2-6-17(18)19/h2-8,10,13,15-16H,9,11-12,14,23H2,1H3. The number of likely N-dealkylation sites (tertiary alicyclic amines) is 1. The first-order valence-electron chi connectivity index (χ1n) is 9.49. The maximum absolute atomic E-state index is 13.5. The van der Waals surface area contributed by atoms with Gasteiger partial charge in [0.2, 0.25) is 0 Å². The van der Waals surface area contributed by atoms with Crippen LogP contribution in [0.4, 0.5) is 0 Å². The molecule has 1 aliphatic rings. The second kappa shape index (κ2) is 7.45. The van der Waals surface area contributed by atoms with E-state index in [-0.39, 0.29) is 11.9 Å². The summed E-state index contributed by atoms with van der Waals surface area (Å²) < 4.78 is 0. The van der Waals surface area contributed by atoms with Crippen LogP contribution in [0.15, 0.2) is 54.7 Å². The Kier molecular flexibility index (Phi) is 4.86. The van der Waals surface area contributed by atoms with Crippen molar-refractivity contribution in [1.82, 2.24) is 14.9 Å². The number of nitrogens with two attached hydrogens (primary N) is 1. The van der Waals surface area contributed by atoms with Gasteiger partial charge in [-0.15, -0.1) is 0 Å². The SMILES string of the molecule is CC1CCN(C(=O)c2cc(-c3ccccn3)nc3ccccc23)C(CN)C1. The van der Waals surface area contributed by atoms with E-state index in [0.29, 0.717) is 23.7 Å². The van der Waals surface area contributed by atoms with Crippen LogP contribution in [0.5, 0.6) is 0 Å². The van der Waals surface area contributed by atoms with Crippen molar-refractivity contribution in [3.8, 4) is 11.4 Å². The molecule has 2 N–H and O–H groups in total. The fourth-order valence-corrected chi connectivity index (χ4v) is 3.89. The molecular weight excluding hydrogens is 336 g/mol. The molecule has 1 saturated heterocycles. The van der Waals surface area contributed by atoms with Crippen LogP contribution in [0, 0.1) is 5.92 Å². The molecule has 0 spiro atoms. The molecule has 2 aromatic heterocycles. The van der Waals surface area contributed by atoms with Gasteiger partial charge >= 0.3 is 0 Å². The molecule has 5 heteroatoms. The van der Waals surface area contributed by atoms with Crippen LogP contribution in [0.25, 0.3) is 22.3 Å². The number of pyridine rings is 2. The molecule has 1 aromatic carbocycles. The number of carbonyl (C=O) groups is 1. The molecule has 27 heavy (non-hydrogen) atoms. The quantitative estimate of drug-likeness (QED) is 0.776. The number of benzene rings is 1. The summed E-state index contributed by atoms with van der Waals surface area (Å²) in [5, 5.41) is 0.872. The molecule has 5 nitrogen and oxygen atoms in total. The van der Waals surface area contributed by atoms with E-state index >= 15 is 0 Å². The topological polar surface area (TPSA) is 72.1 Å². The summed E-state index contributed by atoms with van der Waals surface area (Å²) in [6, 6.07) is 15.5. The molecule has 138 valence electrons. The van der Waals surface area contributed by atoms with Gasteiger partial charge in [-0.3, -0.25) is 9.78 Å². The molecule has 1 aliphatic heterocycles. The zero-order valence-corrected chi connectivity index (χ0v) is 15.5. The van der Waals surface area contributed by atoms with E-state index in [2.05, 4.69) is 11.9 Å². The van der Waals surface area contributed by atoms with Gasteiger partial charge in [0, 0.05) is 30.7 Å². The average molecular weight is 360 g/mol. The van der Waals surface area contributed by atoms with Crippen molar-refractivity contribution in [2.24, 2.45) is 11.7 Å². The van der Waals surface area contributed by atoms with Gasteiger partial charge in [-0.25, -0.2) is 4.98 Å². The Morgan fingerprint density at radius 2 is 2.00 bits per heavy atom. The summed E-state index contributed by atoms with van der Waals surface area (Å²) in [6.45, 7) is 3.47. The summed E-state index contributed by atoms with van der Waals surface area (Å²) in [5.74, 6) is 0.633. The van der Waals surface area contributed by atoms with Crippen molar-refractivity contribution >= 4 is 16.8 Å². The Hall–Kier alpha value is -2.79. The van der Waals surface area contributed by atoms with E-state index in [9.17, 15) is 4.79 Å². The Labute approximate surface area is 159 Å². The molecule has 1 fully saturated rings. The van der Waals surface area contributed by atoms with Crippen LogP contribution < -0.4 is 5.73 Å². The highest BCUT2D eigenvalue weighted by molar-refractivity contribution is 6.07. The number of aromatic nitrogens is 2. The van der Waals surface area contributed by atoms with Gasteiger partial charge in [0.25, 0.3) is 5.91 Å². The van der Waals surface area contributed by atoms with Gasteiger partial charge in [-0.05, 0) is 43.0 Å². The number of para-hydroxylation sites is 1. The number of fused-ring (bicyclic) bond motifs is 1. The van der Waals surface area contributed by atoms with Crippen LogP contribution in [0.3, 0.4) is 0 Å². The zero-order valence-electron chi connectivity index (χ0n) is 15.5. The highest BCUT2D eigenvalue weighted by Crippen LogP contribution is 2.28. The summed E-state index contributed by atoms with van der Waals surface area (Å²) in [7, 11) is 0. The third kappa shape index (κ3) is 3.43. The van der Waals surface area contributed by atoms with Crippen molar-refractivity contribution in [2.75, 3.05) is 13.1 Å². The smallest absolute Gasteiger partial charge is 0.254 e. The van der Waals surface area contributed by atoms with Crippen LogP contribution in [0.1, 0.15) is 30.1 Å². The van der Waals surface area contributed by atoms with Crippen LogP contribution in [-0.2, 0) is 0 Å². The summed E-state index contributed by atoms with van der Waals surface area (Å²) in [5.41, 5.74) is 8.95. The molecule has 0 radical (unpaired) electrons. The van der Waals surface area contributed by atoms with E-state index in [4.69, 9.17) is 10.7 Å². The summed E-state index contributed by atoms with van der Waals surface area (Å²) >= 11 is 0. The summed E-state index contributed by atoms with van der Waals surface area (Å²) in [6.07, 6.45) is 3.71. The lowest BCUT2D eigenvalue weighted by Crippen LogP contribution is -2.49. The first-order valence-corrected chi connectivity index (χ1v) is 9.49. The number of amides is 1. The third-order valence-corrected chi connectivity index (χ3v) is 5.38. The van der Waals surface area contributed by atoms with Gasteiger partial charge in [-0.1, -0.05) is 31.2 Å². The molecule has 3 heterocycles. The minimum Gasteiger partial charge on any atom is -0.334 e. The Balaban J connectivity index is 1.81. The molecular formula is C22H24N4O. The fourth-order valence-electron chi connectivity index (χ4n) is 3.89. The molecule has 0 bridgehead atoms. The van der Waals surface area contributed by atoms with Crippen LogP contribution in [-0.4, -0.2) is 39.9 Å². The van der Waals surface area contributed by atoms with E-state index in [1.54, 1.807) is 6.20 Å². The van der Waals surface area contributed by atoms with Gasteiger partial charge < -0.3 is 10.6 Å². The van der Waals surface area contributed by atoms with E-state index in [0.717, 1.165) is 36.0 Å². The van der Waals surface area contributed by atoms with Crippen molar-refractivity contribution in [3.63, 3.8) is 0 Å². The van der Waals surface area contributed by atoms with Gasteiger partial charge in [0.05, 0.1) is 22.5 Å². The van der Waals surface area contributed by atoms with Crippen molar-refractivity contribution in [2.45, 2.75) is 25.8 Å². The molecule has 2 unspecified atom stereocenters. The largest absolute Gasteiger partial charge is 0.334 e. The maximum atomic E-state index is 13.5. The normalized spacial score (nSPS) is 20.0. The monoisotopic (exact) mass is 360 g/mol.